The lowest BCUT2D eigenvalue weighted by Gasteiger charge is -2.11. The summed E-state index contributed by atoms with van der Waals surface area (Å²) in [5.41, 5.74) is 0.848. The molecule has 0 atom stereocenters. The number of hydrogen-bond donors (Lipinski definition) is 0. The summed E-state index contributed by atoms with van der Waals surface area (Å²) >= 11 is 0. The highest BCUT2D eigenvalue weighted by atomic mass is 16.5. The molecule has 3 aromatic carbocycles. The summed E-state index contributed by atoms with van der Waals surface area (Å²) < 4.78 is 5.84. The molecule has 0 fully saturated rings. The molecule has 93 valence electrons. The van der Waals surface area contributed by atoms with Gasteiger partial charge in [0.1, 0.15) is 5.75 Å². The average molecular weight is 249 g/mol. The van der Waals surface area contributed by atoms with E-state index in [2.05, 4.69) is 0 Å². The SMILES string of the molecule is Cc1cccc([O])c1Oc1cccc2ccccc12. The number of hydrogen-bond acceptors (Lipinski definition) is 1. The topological polar surface area (TPSA) is 29.1 Å². The molecule has 0 saturated heterocycles. The smallest absolute Gasteiger partial charge is 0.221 e. The number of benzene rings is 3. The second-order valence-electron chi connectivity index (χ2n) is 4.48. The van der Waals surface area contributed by atoms with Crippen LogP contribution in [0.3, 0.4) is 0 Å². The van der Waals surface area contributed by atoms with Crippen LogP contribution >= 0.6 is 0 Å². The highest BCUT2D eigenvalue weighted by Crippen LogP contribution is 2.36. The second-order valence-corrected chi connectivity index (χ2v) is 4.48. The molecule has 1 radical (unpaired) electrons. The van der Waals surface area contributed by atoms with E-state index in [-0.39, 0.29) is 5.75 Å². The van der Waals surface area contributed by atoms with Crippen LogP contribution in [0.1, 0.15) is 5.56 Å². The number of fused-ring (bicyclic) bond motifs is 1. The lowest BCUT2D eigenvalue weighted by molar-refractivity contribution is 0.328. The predicted octanol–water partition coefficient (Wildman–Crippen LogP) is 5.08. The van der Waals surface area contributed by atoms with Crippen molar-refractivity contribution in [3.8, 4) is 17.2 Å². The van der Waals surface area contributed by atoms with Gasteiger partial charge in [0.2, 0.25) is 5.75 Å². The second kappa shape index (κ2) is 4.65. The molecule has 0 heterocycles. The van der Waals surface area contributed by atoms with Gasteiger partial charge in [0.15, 0.2) is 5.75 Å². The quantitative estimate of drug-likeness (QED) is 0.622. The highest BCUT2D eigenvalue weighted by Gasteiger charge is 2.10. The van der Waals surface area contributed by atoms with E-state index in [1.54, 1.807) is 6.07 Å². The molecule has 0 N–H and O–H groups in total. The monoisotopic (exact) mass is 249 g/mol. The van der Waals surface area contributed by atoms with E-state index in [1.165, 1.54) is 6.07 Å². The number of rotatable bonds is 2. The van der Waals surface area contributed by atoms with E-state index in [9.17, 15) is 5.11 Å². The van der Waals surface area contributed by atoms with E-state index in [4.69, 9.17) is 4.74 Å². The van der Waals surface area contributed by atoms with Gasteiger partial charge >= 0.3 is 0 Å². The lowest BCUT2D eigenvalue weighted by atomic mass is 10.1. The molecule has 0 aliphatic heterocycles. The van der Waals surface area contributed by atoms with Crippen molar-refractivity contribution in [3.05, 3.63) is 66.2 Å². The molecule has 19 heavy (non-hydrogen) atoms. The molecule has 3 rings (SSSR count). The Balaban J connectivity index is 2.11. The van der Waals surface area contributed by atoms with E-state index < -0.39 is 0 Å². The maximum atomic E-state index is 11.9. The van der Waals surface area contributed by atoms with Gasteiger partial charge in [-0.05, 0) is 30.0 Å². The average Bonchev–Trinajstić information content (AvgIpc) is 2.43. The van der Waals surface area contributed by atoms with Gasteiger partial charge in [0.05, 0.1) is 0 Å². The van der Waals surface area contributed by atoms with Crippen LogP contribution in [0, 0.1) is 6.92 Å². The zero-order valence-corrected chi connectivity index (χ0v) is 10.6. The van der Waals surface area contributed by atoms with Gasteiger partial charge < -0.3 is 4.74 Å². The van der Waals surface area contributed by atoms with Crippen molar-refractivity contribution >= 4 is 10.8 Å². The fourth-order valence-corrected chi connectivity index (χ4v) is 2.15. The molecule has 0 aliphatic carbocycles. The highest BCUT2D eigenvalue weighted by molar-refractivity contribution is 5.88. The van der Waals surface area contributed by atoms with E-state index >= 15 is 0 Å². The Morgan fingerprint density at radius 2 is 1.58 bits per heavy atom. The largest absolute Gasteiger partial charge is 0.452 e. The molecule has 2 nitrogen and oxygen atoms in total. The van der Waals surface area contributed by atoms with Gasteiger partial charge in [-0.25, -0.2) is 0 Å². The van der Waals surface area contributed by atoms with Gasteiger partial charge in [-0.1, -0.05) is 48.5 Å². The van der Waals surface area contributed by atoms with E-state index in [0.29, 0.717) is 11.5 Å². The van der Waals surface area contributed by atoms with Crippen molar-refractivity contribution in [2.45, 2.75) is 6.92 Å². The molecule has 0 aromatic heterocycles. The van der Waals surface area contributed by atoms with Crippen LogP contribution in [0.2, 0.25) is 0 Å². The minimum Gasteiger partial charge on any atom is -0.452 e. The number of aryl methyl sites for hydroxylation is 1. The Labute approximate surface area is 111 Å². The van der Waals surface area contributed by atoms with Crippen molar-refractivity contribution in [2.24, 2.45) is 0 Å². The number of ether oxygens (including phenoxy) is 1. The van der Waals surface area contributed by atoms with Crippen molar-refractivity contribution in [2.75, 3.05) is 0 Å². The Hall–Kier alpha value is -2.48. The van der Waals surface area contributed by atoms with Crippen molar-refractivity contribution < 1.29 is 9.84 Å². The van der Waals surface area contributed by atoms with Gasteiger partial charge in [-0.2, -0.15) is 0 Å². The first kappa shape index (κ1) is 11.6. The minimum absolute atomic E-state index is 0.0899. The predicted molar refractivity (Wildman–Crippen MR) is 75.3 cm³/mol. The van der Waals surface area contributed by atoms with Gasteiger partial charge in [-0.3, -0.25) is 5.11 Å². The molecular weight excluding hydrogens is 236 g/mol. The van der Waals surface area contributed by atoms with E-state index in [0.717, 1.165) is 16.3 Å². The molecule has 0 aliphatic rings. The van der Waals surface area contributed by atoms with Crippen LogP contribution in [0.5, 0.6) is 17.2 Å². The zero-order valence-electron chi connectivity index (χ0n) is 10.6. The molecule has 0 bridgehead atoms. The molecule has 0 unspecified atom stereocenters. The summed E-state index contributed by atoms with van der Waals surface area (Å²) in [6, 6.07) is 18.9. The van der Waals surface area contributed by atoms with Gasteiger partial charge in [0.25, 0.3) is 0 Å². The van der Waals surface area contributed by atoms with Crippen molar-refractivity contribution in [1.82, 2.24) is 0 Å². The first-order valence-corrected chi connectivity index (χ1v) is 6.18. The summed E-state index contributed by atoms with van der Waals surface area (Å²) in [5.74, 6) is 1.02. The summed E-state index contributed by atoms with van der Waals surface area (Å²) in [5, 5.41) is 14.0. The maximum absolute atomic E-state index is 11.9. The number of para-hydroxylation sites is 1. The van der Waals surface area contributed by atoms with Crippen LogP contribution in [-0.4, -0.2) is 0 Å². The molecule has 0 spiro atoms. The standard InChI is InChI=1S/C17H13O2/c1-12-6-4-10-15(18)17(12)19-16-11-5-8-13-7-2-3-9-14(13)16/h2-11H,1H3. The Morgan fingerprint density at radius 1 is 0.842 bits per heavy atom. The third kappa shape index (κ3) is 2.13. The van der Waals surface area contributed by atoms with Crippen LogP contribution in [0.4, 0.5) is 0 Å². The Bertz CT molecular complexity index is 707. The lowest BCUT2D eigenvalue weighted by Crippen LogP contribution is -1.89. The van der Waals surface area contributed by atoms with Crippen LogP contribution in [0.15, 0.2) is 60.7 Å². The van der Waals surface area contributed by atoms with Crippen LogP contribution in [-0.2, 0) is 5.11 Å². The van der Waals surface area contributed by atoms with Crippen molar-refractivity contribution in [1.29, 1.82) is 0 Å². The normalized spacial score (nSPS) is 10.6. The van der Waals surface area contributed by atoms with Gasteiger partial charge in [-0.15, -0.1) is 0 Å². The zero-order chi connectivity index (χ0) is 13.2. The summed E-state index contributed by atoms with van der Waals surface area (Å²) in [7, 11) is 0. The van der Waals surface area contributed by atoms with Gasteiger partial charge in [0, 0.05) is 5.39 Å². The first-order chi connectivity index (χ1) is 9.25. The van der Waals surface area contributed by atoms with E-state index in [1.807, 2.05) is 55.5 Å². The molecule has 0 amide bonds. The van der Waals surface area contributed by atoms with Crippen LogP contribution in [0.25, 0.3) is 10.8 Å². The summed E-state index contributed by atoms with van der Waals surface area (Å²) in [6.07, 6.45) is 0. The molecule has 3 aromatic rings. The fourth-order valence-electron chi connectivity index (χ4n) is 2.15. The third-order valence-electron chi connectivity index (χ3n) is 3.14. The molecule has 2 heteroatoms. The third-order valence-corrected chi connectivity index (χ3v) is 3.14. The first-order valence-electron chi connectivity index (χ1n) is 6.18. The Morgan fingerprint density at radius 3 is 2.42 bits per heavy atom. The summed E-state index contributed by atoms with van der Waals surface area (Å²) in [4.78, 5) is 0. The summed E-state index contributed by atoms with van der Waals surface area (Å²) in [6.45, 7) is 1.88. The fraction of sp³-hybridized carbons (Fsp3) is 0.0588. The Kier molecular flexibility index (Phi) is 2.84. The minimum atomic E-state index is -0.0899. The maximum Gasteiger partial charge on any atom is 0.221 e. The van der Waals surface area contributed by atoms with Crippen LogP contribution < -0.4 is 4.74 Å². The molecular formula is C17H13O2. The van der Waals surface area contributed by atoms with Crippen molar-refractivity contribution in [3.63, 3.8) is 0 Å². The molecule has 0 saturated carbocycles.